The molecule has 2 nitrogen and oxygen atoms in total. The van der Waals surface area contributed by atoms with Crippen molar-refractivity contribution < 1.29 is 9.59 Å². The molecule has 20 heavy (non-hydrogen) atoms. The molecule has 1 unspecified atom stereocenters. The van der Waals surface area contributed by atoms with Crippen LogP contribution >= 0.6 is 11.6 Å². The van der Waals surface area contributed by atoms with Crippen molar-refractivity contribution in [3.05, 3.63) is 70.7 Å². The Bertz CT molecular complexity index is 576. The smallest absolute Gasteiger partial charge is 0.163 e. The van der Waals surface area contributed by atoms with Gasteiger partial charge in [0.2, 0.25) is 0 Å². The van der Waals surface area contributed by atoms with E-state index >= 15 is 0 Å². The lowest BCUT2D eigenvalue weighted by Crippen LogP contribution is -2.12. The van der Waals surface area contributed by atoms with Gasteiger partial charge >= 0.3 is 0 Å². The van der Waals surface area contributed by atoms with Crippen LogP contribution in [0.3, 0.4) is 0 Å². The fourth-order valence-electron chi connectivity index (χ4n) is 2.08. The molecule has 2 aromatic rings. The number of aldehydes is 1. The largest absolute Gasteiger partial charge is 0.303 e. The second kappa shape index (κ2) is 7.01. The molecule has 0 N–H and O–H groups in total. The first kappa shape index (κ1) is 14.5. The van der Waals surface area contributed by atoms with E-state index in [0.29, 0.717) is 17.0 Å². The van der Waals surface area contributed by atoms with Crippen molar-refractivity contribution in [2.75, 3.05) is 0 Å². The lowest BCUT2D eigenvalue weighted by Gasteiger charge is -2.09. The Balaban J connectivity index is 2.01. The van der Waals surface area contributed by atoms with Gasteiger partial charge in [0.05, 0.1) is 0 Å². The van der Waals surface area contributed by atoms with E-state index < -0.39 is 0 Å². The van der Waals surface area contributed by atoms with Gasteiger partial charge in [-0.15, -0.1) is 0 Å². The van der Waals surface area contributed by atoms with Gasteiger partial charge in [0.25, 0.3) is 0 Å². The molecule has 2 aromatic carbocycles. The summed E-state index contributed by atoms with van der Waals surface area (Å²) in [6, 6.07) is 16.5. The van der Waals surface area contributed by atoms with E-state index in [1.807, 2.05) is 30.3 Å². The molecule has 2 rings (SSSR count). The van der Waals surface area contributed by atoms with E-state index in [4.69, 9.17) is 11.6 Å². The van der Waals surface area contributed by atoms with Crippen LogP contribution in [-0.4, -0.2) is 12.1 Å². The molecule has 0 spiro atoms. The number of benzene rings is 2. The highest BCUT2D eigenvalue weighted by Crippen LogP contribution is 2.16. The molecular formula is C17H15ClO2. The Morgan fingerprint density at radius 2 is 1.70 bits per heavy atom. The third-order valence-corrected chi connectivity index (χ3v) is 3.40. The van der Waals surface area contributed by atoms with E-state index in [1.54, 1.807) is 24.3 Å². The first-order valence-electron chi connectivity index (χ1n) is 6.47. The van der Waals surface area contributed by atoms with Crippen LogP contribution in [0.4, 0.5) is 0 Å². The van der Waals surface area contributed by atoms with Crippen LogP contribution in [0.5, 0.6) is 0 Å². The minimum atomic E-state index is -0.291. The molecule has 0 amide bonds. The highest BCUT2D eigenvalue weighted by Gasteiger charge is 2.15. The van der Waals surface area contributed by atoms with Crippen LogP contribution in [0.2, 0.25) is 5.02 Å². The molecule has 0 saturated carbocycles. The van der Waals surface area contributed by atoms with Crippen LogP contribution in [0.1, 0.15) is 22.3 Å². The minimum Gasteiger partial charge on any atom is -0.303 e. The number of hydrogen-bond donors (Lipinski definition) is 0. The predicted molar refractivity (Wildman–Crippen MR) is 80.1 cm³/mol. The van der Waals surface area contributed by atoms with Crippen LogP contribution in [0.25, 0.3) is 0 Å². The summed E-state index contributed by atoms with van der Waals surface area (Å²) in [7, 11) is 0. The van der Waals surface area contributed by atoms with Crippen molar-refractivity contribution in [1.82, 2.24) is 0 Å². The van der Waals surface area contributed by atoms with Gasteiger partial charge in [-0.05, 0) is 36.2 Å². The van der Waals surface area contributed by atoms with Gasteiger partial charge in [0.15, 0.2) is 5.78 Å². The van der Waals surface area contributed by atoms with E-state index in [1.165, 1.54) is 0 Å². The number of carbonyl (C=O) groups excluding carboxylic acids is 2. The average Bonchev–Trinajstić information content (AvgIpc) is 2.48. The Labute approximate surface area is 123 Å². The highest BCUT2D eigenvalue weighted by atomic mass is 35.5. The maximum Gasteiger partial charge on any atom is 0.163 e. The molecule has 1 atom stereocenters. The summed E-state index contributed by atoms with van der Waals surface area (Å²) in [5, 5.41) is 0.595. The van der Waals surface area contributed by atoms with Crippen molar-refractivity contribution in [3.8, 4) is 0 Å². The van der Waals surface area contributed by atoms with Crippen molar-refractivity contribution in [1.29, 1.82) is 0 Å². The normalized spacial score (nSPS) is 11.8. The number of halogens is 1. The number of rotatable bonds is 6. The van der Waals surface area contributed by atoms with E-state index in [9.17, 15) is 9.59 Å². The summed E-state index contributed by atoms with van der Waals surface area (Å²) in [6.07, 6.45) is 1.67. The molecule has 0 aliphatic rings. The summed E-state index contributed by atoms with van der Waals surface area (Å²) in [5.74, 6) is -0.324. The molecule has 3 heteroatoms. The zero-order chi connectivity index (χ0) is 14.4. The summed E-state index contributed by atoms with van der Waals surface area (Å²) in [5.41, 5.74) is 1.66. The fraction of sp³-hybridized carbons (Fsp3) is 0.176. The van der Waals surface area contributed by atoms with Gasteiger partial charge < -0.3 is 4.79 Å². The lowest BCUT2D eigenvalue weighted by molar-refractivity contribution is -0.111. The van der Waals surface area contributed by atoms with Crippen LogP contribution in [-0.2, 0) is 11.2 Å². The minimum absolute atomic E-state index is 0.0327. The summed E-state index contributed by atoms with van der Waals surface area (Å²) in [6.45, 7) is 0. The van der Waals surface area contributed by atoms with Crippen LogP contribution < -0.4 is 0 Å². The topological polar surface area (TPSA) is 34.1 Å². The summed E-state index contributed by atoms with van der Waals surface area (Å²) < 4.78 is 0. The molecule has 0 fully saturated rings. The molecule has 0 aromatic heterocycles. The Morgan fingerprint density at radius 1 is 1.05 bits per heavy atom. The predicted octanol–water partition coefficient (Wildman–Crippen LogP) is 3.97. The maximum absolute atomic E-state index is 12.1. The summed E-state index contributed by atoms with van der Waals surface area (Å²) in [4.78, 5) is 23.3. The number of hydrogen-bond acceptors (Lipinski definition) is 2. The Hall–Kier alpha value is -1.93. The van der Waals surface area contributed by atoms with Crippen molar-refractivity contribution in [3.63, 3.8) is 0 Å². The Morgan fingerprint density at radius 3 is 2.30 bits per heavy atom. The molecular weight excluding hydrogens is 272 g/mol. The molecule has 0 aliphatic carbocycles. The summed E-state index contributed by atoms with van der Waals surface area (Å²) >= 11 is 5.79. The van der Waals surface area contributed by atoms with Gasteiger partial charge in [-0.1, -0.05) is 41.9 Å². The molecule has 0 aliphatic heterocycles. The first-order valence-corrected chi connectivity index (χ1v) is 6.85. The van der Waals surface area contributed by atoms with Gasteiger partial charge in [-0.3, -0.25) is 4.79 Å². The fourth-order valence-corrected chi connectivity index (χ4v) is 2.20. The maximum atomic E-state index is 12.1. The highest BCUT2D eigenvalue weighted by molar-refractivity contribution is 6.30. The average molecular weight is 287 g/mol. The second-order valence-corrected chi connectivity index (χ2v) is 5.16. The molecule has 0 radical (unpaired) electrons. The molecule has 0 saturated heterocycles. The van der Waals surface area contributed by atoms with E-state index in [-0.39, 0.29) is 18.1 Å². The van der Waals surface area contributed by atoms with Gasteiger partial charge in [0.1, 0.15) is 6.29 Å². The number of Topliss-reactive ketones (excluding diaryl/α,β-unsaturated/α-hetero) is 1. The van der Waals surface area contributed by atoms with Crippen LogP contribution in [0.15, 0.2) is 54.6 Å². The van der Waals surface area contributed by atoms with Gasteiger partial charge in [-0.25, -0.2) is 0 Å². The monoisotopic (exact) mass is 286 g/mol. The van der Waals surface area contributed by atoms with E-state index in [0.717, 1.165) is 11.8 Å². The SMILES string of the molecule is O=CC(CC(=O)c1ccc(Cl)cc1)Cc1ccccc1. The third-order valence-electron chi connectivity index (χ3n) is 3.15. The zero-order valence-electron chi connectivity index (χ0n) is 11.0. The number of ketones is 1. The van der Waals surface area contributed by atoms with Gasteiger partial charge in [-0.2, -0.15) is 0 Å². The first-order chi connectivity index (χ1) is 9.69. The van der Waals surface area contributed by atoms with Crippen molar-refractivity contribution in [2.45, 2.75) is 12.8 Å². The van der Waals surface area contributed by atoms with Crippen LogP contribution in [0, 0.1) is 5.92 Å². The van der Waals surface area contributed by atoms with Crippen molar-refractivity contribution in [2.24, 2.45) is 5.92 Å². The second-order valence-electron chi connectivity index (χ2n) is 4.72. The van der Waals surface area contributed by atoms with E-state index in [2.05, 4.69) is 0 Å². The Kier molecular flexibility index (Phi) is 5.08. The quantitative estimate of drug-likeness (QED) is 0.595. The third kappa shape index (κ3) is 4.04. The zero-order valence-corrected chi connectivity index (χ0v) is 11.7. The molecule has 102 valence electrons. The standard InChI is InChI=1S/C17H15ClO2/c18-16-8-6-15(7-9-16)17(20)11-14(12-19)10-13-4-2-1-3-5-13/h1-9,12,14H,10-11H2. The molecule has 0 heterocycles. The van der Waals surface area contributed by atoms with Crippen molar-refractivity contribution >= 4 is 23.7 Å². The molecule has 0 bridgehead atoms. The van der Waals surface area contributed by atoms with Gasteiger partial charge in [0, 0.05) is 22.9 Å². The number of carbonyl (C=O) groups is 2. The lowest BCUT2D eigenvalue weighted by atomic mass is 9.93.